The maximum atomic E-state index is 12.1. The van der Waals surface area contributed by atoms with E-state index >= 15 is 0 Å². The summed E-state index contributed by atoms with van der Waals surface area (Å²) >= 11 is 0. The van der Waals surface area contributed by atoms with Crippen molar-refractivity contribution in [2.75, 3.05) is 6.54 Å². The van der Waals surface area contributed by atoms with Crippen LogP contribution in [0.5, 0.6) is 0 Å². The zero-order chi connectivity index (χ0) is 16.8. The summed E-state index contributed by atoms with van der Waals surface area (Å²) in [7, 11) is 0. The van der Waals surface area contributed by atoms with Crippen molar-refractivity contribution in [1.29, 1.82) is 0 Å². The molecule has 1 N–H and O–H groups in total. The zero-order valence-corrected chi connectivity index (χ0v) is 13.5. The Morgan fingerprint density at radius 1 is 1.14 bits per heavy atom. The predicted molar refractivity (Wildman–Crippen MR) is 83.8 cm³/mol. The third-order valence-corrected chi connectivity index (χ3v) is 2.97. The molecule has 5 heteroatoms. The molecule has 0 aliphatic carbocycles. The van der Waals surface area contributed by atoms with Gasteiger partial charge in [-0.05, 0) is 27.7 Å². The molecule has 0 fully saturated rings. The number of rotatable bonds is 6. The summed E-state index contributed by atoms with van der Waals surface area (Å²) < 4.78 is 5.07. The highest BCUT2D eigenvalue weighted by atomic mass is 16.6. The van der Waals surface area contributed by atoms with Crippen LogP contribution in [0.3, 0.4) is 0 Å². The van der Waals surface area contributed by atoms with Gasteiger partial charge in [0.15, 0.2) is 5.78 Å². The average Bonchev–Trinajstić information content (AvgIpc) is 2.44. The van der Waals surface area contributed by atoms with Crippen molar-refractivity contribution in [3.05, 3.63) is 35.9 Å². The van der Waals surface area contributed by atoms with Crippen LogP contribution in [-0.2, 0) is 9.53 Å². The van der Waals surface area contributed by atoms with E-state index in [1.165, 1.54) is 0 Å². The van der Waals surface area contributed by atoms with E-state index in [1.54, 1.807) is 52.0 Å². The number of ketones is 2. The Morgan fingerprint density at radius 2 is 1.73 bits per heavy atom. The Bertz CT molecular complexity index is 531. The highest BCUT2D eigenvalue weighted by molar-refractivity contribution is 6.10. The van der Waals surface area contributed by atoms with E-state index in [1.807, 2.05) is 6.07 Å². The van der Waals surface area contributed by atoms with E-state index in [0.29, 0.717) is 5.56 Å². The van der Waals surface area contributed by atoms with Crippen LogP contribution in [0.25, 0.3) is 0 Å². The molecule has 0 aliphatic heterocycles. The number of ether oxygens (including phenoxy) is 1. The summed E-state index contributed by atoms with van der Waals surface area (Å²) in [6.07, 6.45) is -0.471. The SMILES string of the molecule is CC(C(=O)CCNC(=O)OC(C)(C)C)C(=O)c1ccccc1. The van der Waals surface area contributed by atoms with Gasteiger partial charge in [-0.1, -0.05) is 30.3 Å². The minimum absolute atomic E-state index is 0.0962. The second kappa shape index (κ2) is 7.73. The minimum Gasteiger partial charge on any atom is -0.444 e. The number of carbonyl (C=O) groups excluding carboxylic acids is 3. The molecule has 1 rings (SSSR count). The lowest BCUT2D eigenvalue weighted by Gasteiger charge is -2.19. The van der Waals surface area contributed by atoms with Crippen LogP contribution >= 0.6 is 0 Å². The van der Waals surface area contributed by atoms with Gasteiger partial charge in [0.2, 0.25) is 0 Å². The smallest absolute Gasteiger partial charge is 0.407 e. The molecule has 0 spiro atoms. The third kappa shape index (κ3) is 6.08. The maximum Gasteiger partial charge on any atom is 0.407 e. The first-order valence-corrected chi connectivity index (χ1v) is 7.29. The molecule has 0 bridgehead atoms. The van der Waals surface area contributed by atoms with Gasteiger partial charge in [-0.15, -0.1) is 0 Å². The molecule has 1 aromatic rings. The fraction of sp³-hybridized carbons (Fsp3) is 0.471. The van der Waals surface area contributed by atoms with Gasteiger partial charge in [0, 0.05) is 18.5 Å². The first kappa shape index (κ1) is 17.9. The monoisotopic (exact) mass is 305 g/mol. The van der Waals surface area contributed by atoms with Crippen molar-refractivity contribution < 1.29 is 19.1 Å². The van der Waals surface area contributed by atoms with E-state index in [0.717, 1.165) is 0 Å². The first-order valence-electron chi connectivity index (χ1n) is 7.29. The lowest BCUT2D eigenvalue weighted by molar-refractivity contribution is -0.120. The topological polar surface area (TPSA) is 72.5 Å². The van der Waals surface area contributed by atoms with Gasteiger partial charge in [0.25, 0.3) is 0 Å². The summed E-state index contributed by atoms with van der Waals surface area (Å²) in [5.74, 6) is -1.13. The van der Waals surface area contributed by atoms with Crippen molar-refractivity contribution in [3.8, 4) is 0 Å². The molecule has 1 amide bonds. The Morgan fingerprint density at radius 3 is 2.27 bits per heavy atom. The summed E-state index contributed by atoms with van der Waals surface area (Å²) in [4.78, 5) is 35.6. The molecule has 0 heterocycles. The molecule has 1 atom stereocenters. The van der Waals surface area contributed by atoms with Crippen molar-refractivity contribution in [2.45, 2.75) is 39.7 Å². The van der Waals surface area contributed by atoms with Crippen LogP contribution in [-0.4, -0.2) is 29.8 Å². The molecule has 1 unspecified atom stereocenters. The predicted octanol–water partition coefficient (Wildman–Crippen LogP) is 2.99. The van der Waals surface area contributed by atoms with E-state index in [4.69, 9.17) is 4.74 Å². The molecule has 22 heavy (non-hydrogen) atoms. The van der Waals surface area contributed by atoms with Gasteiger partial charge in [-0.25, -0.2) is 4.79 Å². The number of hydrogen-bond acceptors (Lipinski definition) is 4. The highest BCUT2D eigenvalue weighted by Gasteiger charge is 2.22. The van der Waals surface area contributed by atoms with E-state index in [2.05, 4.69) is 5.32 Å². The maximum absolute atomic E-state index is 12.1. The standard InChI is InChI=1S/C17H23NO4/c1-12(15(20)13-8-6-5-7-9-13)14(19)10-11-18-16(21)22-17(2,3)4/h5-9,12H,10-11H2,1-4H3,(H,18,21). The highest BCUT2D eigenvalue weighted by Crippen LogP contribution is 2.11. The third-order valence-electron chi connectivity index (χ3n) is 2.97. The molecule has 1 aromatic carbocycles. The summed E-state index contributed by atoms with van der Waals surface area (Å²) in [5.41, 5.74) is -0.0616. The van der Waals surface area contributed by atoms with Gasteiger partial charge in [0.1, 0.15) is 11.4 Å². The van der Waals surface area contributed by atoms with E-state index < -0.39 is 17.6 Å². The second-order valence-electron chi connectivity index (χ2n) is 6.10. The second-order valence-corrected chi connectivity index (χ2v) is 6.10. The molecule has 5 nitrogen and oxygen atoms in total. The molecule has 0 saturated carbocycles. The molecule has 0 saturated heterocycles. The fourth-order valence-electron chi connectivity index (χ4n) is 1.82. The van der Waals surface area contributed by atoms with Gasteiger partial charge < -0.3 is 10.1 Å². The van der Waals surface area contributed by atoms with E-state index in [9.17, 15) is 14.4 Å². The quantitative estimate of drug-likeness (QED) is 0.648. The Labute approximate surface area is 131 Å². The zero-order valence-electron chi connectivity index (χ0n) is 13.5. The molecular weight excluding hydrogens is 282 g/mol. The Kier molecular flexibility index (Phi) is 6.28. The van der Waals surface area contributed by atoms with Crippen LogP contribution in [0.4, 0.5) is 4.79 Å². The number of carbonyl (C=O) groups is 3. The van der Waals surface area contributed by atoms with Crippen LogP contribution < -0.4 is 5.32 Å². The number of hydrogen-bond donors (Lipinski definition) is 1. The van der Waals surface area contributed by atoms with Gasteiger partial charge in [-0.3, -0.25) is 9.59 Å². The summed E-state index contributed by atoms with van der Waals surface area (Å²) in [6, 6.07) is 8.70. The fourth-order valence-corrected chi connectivity index (χ4v) is 1.82. The molecule has 0 aromatic heterocycles. The number of benzene rings is 1. The Balaban J connectivity index is 2.42. The Hall–Kier alpha value is -2.17. The van der Waals surface area contributed by atoms with Gasteiger partial charge in [-0.2, -0.15) is 0 Å². The molecule has 0 radical (unpaired) electrons. The molecular formula is C17H23NO4. The van der Waals surface area contributed by atoms with Gasteiger partial charge >= 0.3 is 6.09 Å². The van der Waals surface area contributed by atoms with Gasteiger partial charge in [0.05, 0.1) is 5.92 Å². The molecule has 0 aliphatic rings. The van der Waals surface area contributed by atoms with Crippen LogP contribution in [0.1, 0.15) is 44.5 Å². The summed E-state index contributed by atoms with van der Waals surface area (Å²) in [6.45, 7) is 7.03. The van der Waals surface area contributed by atoms with Crippen molar-refractivity contribution in [3.63, 3.8) is 0 Å². The number of alkyl carbamates (subject to hydrolysis) is 1. The lowest BCUT2D eigenvalue weighted by atomic mass is 9.94. The number of nitrogens with one attached hydrogen (secondary N) is 1. The van der Waals surface area contributed by atoms with Crippen molar-refractivity contribution in [1.82, 2.24) is 5.32 Å². The minimum atomic E-state index is -0.720. The lowest BCUT2D eigenvalue weighted by Crippen LogP contribution is -2.34. The molecule has 120 valence electrons. The largest absolute Gasteiger partial charge is 0.444 e. The van der Waals surface area contributed by atoms with Crippen molar-refractivity contribution in [2.24, 2.45) is 5.92 Å². The van der Waals surface area contributed by atoms with Crippen molar-refractivity contribution >= 4 is 17.7 Å². The normalized spacial score (nSPS) is 12.4. The van der Waals surface area contributed by atoms with Crippen LogP contribution in [0.2, 0.25) is 0 Å². The van der Waals surface area contributed by atoms with Crippen LogP contribution in [0, 0.1) is 5.92 Å². The average molecular weight is 305 g/mol. The summed E-state index contributed by atoms with van der Waals surface area (Å²) in [5, 5.41) is 2.51. The first-order chi connectivity index (χ1) is 10.2. The number of amides is 1. The number of Topliss-reactive ketones (excluding diaryl/α,β-unsaturated/α-hetero) is 2. The van der Waals surface area contributed by atoms with E-state index in [-0.39, 0.29) is 24.5 Å². The van der Waals surface area contributed by atoms with Crippen LogP contribution in [0.15, 0.2) is 30.3 Å².